The van der Waals surface area contributed by atoms with Gasteiger partial charge in [-0.1, -0.05) is 66.7 Å². The second kappa shape index (κ2) is 9.36. The summed E-state index contributed by atoms with van der Waals surface area (Å²) in [6.45, 7) is 0.504. The Morgan fingerprint density at radius 3 is 2.03 bits per heavy atom. The fourth-order valence-corrected chi connectivity index (χ4v) is 3.69. The van der Waals surface area contributed by atoms with E-state index in [1.54, 1.807) is 10.9 Å². The van der Waals surface area contributed by atoms with Crippen molar-refractivity contribution in [3.05, 3.63) is 121 Å². The summed E-state index contributed by atoms with van der Waals surface area (Å²) in [6, 6.07) is 29.5. The molecule has 6 heteroatoms. The zero-order chi connectivity index (χ0) is 22.5. The van der Waals surface area contributed by atoms with Crippen LogP contribution in [0.3, 0.4) is 0 Å². The van der Waals surface area contributed by atoms with Gasteiger partial charge in [0.25, 0.3) is 5.91 Å². The van der Waals surface area contributed by atoms with Gasteiger partial charge in [-0.2, -0.15) is 10.2 Å². The quantitative estimate of drug-likeness (QED) is 0.405. The molecule has 1 N–H and O–H groups in total. The van der Waals surface area contributed by atoms with Gasteiger partial charge in [0.2, 0.25) is 0 Å². The smallest absolute Gasteiger partial charge is 0.255 e. The molecule has 162 valence electrons. The van der Waals surface area contributed by atoms with Crippen LogP contribution in [0.2, 0.25) is 0 Å². The van der Waals surface area contributed by atoms with Crippen LogP contribution in [-0.4, -0.2) is 32.0 Å². The highest BCUT2D eigenvalue weighted by Gasteiger charge is 2.18. The summed E-state index contributed by atoms with van der Waals surface area (Å²) in [5.74, 6) is -0.147. The molecular formula is C27H23N5O. The van der Waals surface area contributed by atoms with Gasteiger partial charge in [-0.3, -0.25) is 4.79 Å². The minimum Gasteiger partial charge on any atom is -0.352 e. The lowest BCUT2D eigenvalue weighted by Crippen LogP contribution is -2.25. The summed E-state index contributed by atoms with van der Waals surface area (Å²) >= 11 is 0. The van der Waals surface area contributed by atoms with E-state index in [-0.39, 0.29) is 5.91 Å². The predicted molar refractivity (Wildman–Crippen MR) is 129 cm³/mol. The Balaban J connectivity index is 1.32. The van der Waals surface area contributed by atoms with E-state index < -0.39 is 0 Å². The molecule has 0 atom stereocenters. The maximum absolute atomic E-state index is 13.1. The van der Waals surface area contributed by atoms with E-state index in [1.807, 2.05) is 108 Å². The van der Waals surface area contributed by atoms with Gasteiger partial charge in [-0.15, -0.1) is 0 Å². The maximum atomic E-state index is 13.1. The molecule has 0 spiro atoms. The number of rotatable bonds is 7. The van der Waals surface area contributed by atoms with Crippen molar-refractivity contribution in [2.75, 3.05) is 6.54 Å². The number of hydrogen-bond donors (Lipinski definition) is 1. The van der Waals surface area contributed by atoms with Gasteiger partial charge in [0.1, 0.15) is 5.69 Å². The molecule has 6 nitrogen and oxygen atoms in total. The van der Waals surface area contributed by atoms with Crippen molar-refractivity contribution < 1.29 is 4.79 Å². The molecule has 0 aliphatic carbocycles. The third-order valence-corrected chi connectivity index (χ3v) is 5.38. The summed E-state index contributed by atoms with van der Waals surface area (Å²) in [6.07, 6.45) is 6.30. The Morgan fingerprint density at radius 2 is 1.36 bits per heavy atom. The average Bonchev–Trinajstić information content (AvgIpc) is 3.54. The number of carbonyl (C=O) groups excluding carboxylic acids is 1. The van der Waals surface area contributed by atoms with Crippen LogP contribution in [0.25, 0.3) is 22.6 Å². The first-order valence-electron chi connectivity index (χ1n) is 10.9. The summed E-state index contributed by atoms with van der Waals surface area (Å²) in [5, 5.41) is 12.2. The first kappa shape index (κ1) is 20.5. The number of aromatic nitrogens is 4. The van der Waals surface area contributed by atoms with Crippen molar-refractivity contribution in [2.24, 2.45) is 0 Å². The van der Waals surface area contributed by atoms with Gasteiger partial charge in [0, 0.05) is 24.5 Å². The molecular weight excluding hydrogens is 410 g/mol. The molecule has 0 saturated heterocycles. The van der Waals surface area contributed by atoms with Crippen molar-refractivity contribution in [3.8, 4) is 22.6 Å². The highest BCUT2D eigenvalue weighted by atomic mass is 16.1. The third-order valence-electron chi connectivity index (χ3n) is 5.38. The van der Waals surface area contributed by atoms with Gasteiger partial charge in [0.05, 0.1) is 23.1 Å². The predicted octanol–water partition coefficient (Wildman–Crippen LogP) is 4.70. The molecule has 0 aliphatic rings. The summed E-state index contributed by atoms with van der Waals surface area (Å²) in [5.41, 5.74) is 5.08. The molecule has 0 saturated carbocycles. The Hall–Kier alpha value is -4.45. The largest absolute Gasteiger partial charge is 0.352 e. The minimum atomic E-state index is -0.147. The molecule has 2 heterocycles. The van der Waals surface area contributed by atoms with Crippen LogP contribution < -0.4 is 5.32 Å². The van der Waals surface area contributed by atoms with E-state index in [1.165, 1.54) is 0 Å². The Labute approximate surface area is 192 Å². The topological polar surface area (TPSA) is 64.7 Å². The number of hydrogen-bond acceptors (Lipinski definition) is 3. The molecule has 5 aromatic rings. The monoisotopic (exact) mass is 433 g/mol. The molecule has 0 radical (unpaired) electrons. The standard InChI is InChI=1S/C27H23N5O/c33-27(28-17-16-21-18-29-31(19-21)23-12-6-2-7-13-23)25-20-32(24-14-8-3-9-15-24)30-26(25)22-10-4-1-5-11-22/h1-15,18-20H,16-17H2,(H,28,33). The van der Waals surface area contributed by atoms with E-state index in [9.17, 15) is 4.79 Å². The van der Waals surface area contributed by atoms with Gasteiger partial charge < -0.3 is 5.32 Å². The van der Waals surface area contributed by atoms with Crippen LogP contribution in [0.1, 0.15) is 15.9 Å². The zero-order valence-electron chi connectivity index (χ0n) is 18.0. The van der Waals surface area contributed by atoms with E-state index in [2.05, 4.69) is 10.4 Å². The first-order valence-corrected chi connectivity index (χ1v) is 10.9. The molecule has 5 rings (SSSR count). The van der Waals surface area contributed by atoms with Crippen molar-refractivity contribution in [3.63, 3.8) is 0 Å². The zero-order valence-corrected chi connectivity index (χ0v) is 18.0. The van der Waals surface area contributed by atoms with Crippen LogP contribution in [0.5, 0.6) is 0 Å². The van der Waals surface area contributed by atoms with Crippen LogP contribution >= 0.6 is 0 Å². The van der Waals surface area contributed by atoms with E-state index in [0.717, 1.165) is 22.5 Å². The average molecular weight is 434 g/mol. The fraction of sp³-hybridized carbons (Fsp3) is 0.0741. The van der Waals surface area contributed by atoms with Crippen LogP contribution in [0, 0.1) is 0 Å². The molecule has 1 amide bonds. The lowest BCUT2D eigenvalue weighted by atomic mass is 10.1. The Bertz CT molecular complexity index is 1340. The highest BCUT2D eigenvalue weighted by Crippen LogP contribution is 2.23. The minimum absolute atomic E-state index is 0.147. The number of carbonyl (C=O) groups is 1. The molecule has 0 aliphatic heterocycles. The van der Waals surface area contributed by atoms with E-state index in [4.69, 9.17) is 5.10 Å². The molecule has 2 aromatic heterocycles. The van der Waals surface area contributed by atoms with Crippen LogP contribution in [0.15, 0.2) is 110 Å². The third kappa shape index (κ3) is 4.60. The maximum Gasteiger partial charge on any atom is 0.255 e. The van der Waals surface area contributed by atoms with E-state index in [0.29, 0.717) is 24.2 Å². The van der Waals surface area contributed by atoms with Crippen molar-refractivity contribution in [1.82, 2.24) is 24.9 Å². The number of para-hydroxylation sites is 2. The number of nitrogens with zero attached hydrogens (tertiary/aromatic N) is 4. The Kier molecular flexibility index (Phi) is 5.80. The second-order valence-electron chi connectivity index (χ2n) is 7.67. The fourth-order valence-electron chi connectivity index (χ4n) is 3.69. The normalized spacial score (nSPS) is 10.8. The summed E-state index contributed by atoms with van der Waals surface area (Å²) < 4.78 is 3.59. The Morgan fingerprint density at radius 1 is 0.758 bits per heavy atom. The lowest BCUT2D eigenvalue weighted by molar-refractivity contribution is 0.0954. The molecule has 0 unspecified atom stereocenters. The van der Waals surface area contributed by atoms with Crippen LogP contribution in [-0.2, 0) is 6.42 Å². The molecule has 33 heavy (non-hydrogen) atoms. The first-order chi connectivity index (χ1) is 16.3. The van der Waals surface area contributed by atoms with Crippen molar-refractivity contribution in [2.45, 2.75) is 6.42 Å². The van der Waals surface area contributed by atoms with Crippen molar-refractivity contribution >= 4 is 5.91 Å². The summed E-state index contributed by atoms with van der Waals surface area (Å²) in [4.78, 5) is 13.1. The lowest BCUT2D eigenvalue weighted by Gasteiger charge is -2.05. The van der Waals surface area contributed by atoms with Crippen molar-refractivity contribution in [1.29, 1.82) is 0 Å². The molecule has 0 bridgehead atoms. The van der Waals surface area contributed by atoms with Gasteiger partial charge in [0.15, 0.2) is 0 Å². The SMILES string of the molecule is O=C(NCCc1cnn(-c2ccccc2)c1)c1cn(-c2ccccc2)nc1-c1ccccc1. The number of amides is 1. The van der Waals surface area contributed by atoms with Gasteiger partial charge in [-0.05, 0) is 36.2 Å². The van der Waals surface area contributed by atoms with Crippen LogP contribution in [0.4, 0.5) is 0 Å². The highest BCUT2D eigenvalue weighted by molar-refractivity contribution is 5.99. The second-order valence-corrected chi connectivity index (χ2v) is 7.67. The number of nitrogens with one attached hydrogen (secondary N) is 1. The molecule has 3 aromatic carbocycles. The van der Waals surface area contributed by atoms with Gasteiger partial charge >= 0.3 is 0 Å². The number of benzene rings is 3. The molecule has 0 fully saturated rings. The van der Waals surface area contributed by atoms with Gasteiger partial charge in [-0.25, -0.2) is 9.36 Å². The summed E-state index contributed by atoms with van der Waals surface area (Å²) in [7, 11) is 0. The van der Waals surface area contributed by atoms with E-state index >= 15 is 0 Å².